The van der Waals surface area contributed by atoms with Gasteiger partial charge in [-0.2, -0.15) is 0 Å². The van der Waals surface area contributed by atoms with E-state index in [1.54, 1.807) is 30.3 Å². The molecule has 9 nitrogen and oxygen atoms in total. The van der Waals surface area contributed by atoms with E-state index in [0.717, 1.165) is 4.68 Å². The summed E-state index contributed by atoms with van der Waals surface area (Å²) >= 11 is 0. The Balaban J connectivity index is 1.60. The summed E-state index contributed by atoms with van der Waals surface area (Å²) in [5, 5.41) is 4.72. The van der Waals surface area contributed by atoms with E-state index >= 15 is 0 Å². The number of hydrogen-bond acceptors (Lipinski definition) is 6. The fourth-order valence-electron chi connectivity index (χ4n) is 2.50. The molecule has 0 aliphatic carbocycles. The zero-order chi connectivity index (χ0) is 20.1. The molecular weight excluding hydrogens is 366 g/mol. The highest BCUT2D eigenvalue weighted by Crippen LogP contribution is 2.02. The molecule has 0 unspecified atom stereocenters. The summed E-state index contributed by atoms with van der Waals surface area (Å²) in [6, 6.07) is 14.2. The van der Waals surface area contributed by atoms with Crippen LogP contribution in [0.1, 0.15) is 10.4 Å². The second-order valence-electron chi connectivity index (χ2n) is 5.78. The summed E-state index contributed by atoms with van der Waals surface area (Å²) in [4.78, 5) is 59.8. The molecule has 0 atom stereocenters. The lowest BCUT2D eigenvalue weighted by atomic mass is 10.2. The van der Waals surface area contributed by atoms with Gasteiger partial charge in [-0.1, -0.05) is 30.3 Å². The van der Waals surface area contributed by atoms with Gasteiger partial charge < -0.3 is 4.74 Å². The minimum Gasteiger partial charge on any atom is -0.454 e. The van der Waals surface area contributed by atoms with Gasteiger partial charge in [0.05, 0.1) is 10.8 Å². The molecule has 0 radical (unpaired) electrons. The number of carbonyl (C=O) groups excluding carboxylic acids is 3. The topological polar surface area (TPSA) is 127 Å². The van der Waals surface area contributed by atoms with Crippen LogP contribution in [0.25, 0.3) is 10.8 Å². The largest absolute Gasteiger partial charge is 0.454 e. The second-order valence-corrected chi connectivity index (χ2v) is 5.78. The summed E-state index contributed by atoms with van der Waals surface area (Å²) in [7, 11) is 0. The number of nitrogens with zero attached hydrogens (tertiary/aromatic N) is 1. The number of esters is 1. The lowest BCUT2D eigenvalue weighted by Gasteiger charge is -2.08. The molecule has 9 heteroatoms. The van der Waals surface area contributed by atoms with Crippen LogP contribution in [0.4, 0.5) is 0 Å². The number of imide groups is 1. The van der Waals surface area contributed by atoms with Crippen molar-refractivity contribution in [2.45, 2.75) is 6.54 Å². The van der Waals surface area contributed by atoms with Gasteiger partial charge in [0.2, 0.25) is 0 Å². The van der Waals surface area contributed by atoms with Crippen LogP contribution in [-0.2, 0) is 20.9 Å². The van der Waals surface area contributed by atoms with Gasteiger partial charge >= 0.3 is 5.97 Å². The molecule has 0 spiro atoms. The molecule has 2 amide bonds. The van der Waals surface area contributed by atoms with Crippen molar-refractivity contribution < 1.29 is 19.1 Å². The fourth-order valence-corrected chi connectivity index (χ4v) is 2.50. The van der Waals surface area contributed by atoms with Crippen molar-refractivity contribution in [2.24, 2.45) is 0 Å². The Morgan fingerprint density at radius 2 is 1.57 bits per heavy atom. The smallest absolute Gasteiger partial charge is 0.328 e. The van der Waals surface area contributed by atoms with Gasteiger partial charge in [0.1, 0.15) is 6.54 Å². The predicted octanol–water partition coefficient (Wildman–Crippen LogP) is 0.190. The Kier molecular flexibility index (Phi) is 5.45. The molecule has 142 valence electrons. The first-order chi connectivity index (χ1) is 13.5. The van der Waals surface area contributed by atoms with E-state index in [2.05, 4.69) is 10.4 Å². The van der Waals surface area contributed by atoms with E-state index in [1.807, 2.05) is 0 Å². The monoisotopic (exact) mass is 381 g/mol. The van der Waals surface area contributed by atoms with Gasteiger partial charge in [-0.25, -0.2) is 4.68 Å². The average Bonchev–Trinajstić information content (AvgIpc) is 2.71. The van der Waals surface area contributed by atoms with E-state index in [-0.39, 0.29) is 16.3 Å². The van der Waals surface area contributed by atoms with E-state index in [0.29, 0.717) is 0 Å². The van der Waals surface area contributed by atoms with Crippen molar-refractivity contribution in [3.63, 3.8) is 0 Å². The number of benzene rings is 2. The minimum atomic E-state index is -0.921. The van der Waals surface area contributed by atoms with Crippen LogP contribution in [-0.4, -0.2) is 34.2 Å². The van der Waals surface area contributed by atoms with Crippen LogP contribution in [0.2, 0.25) is 0 Å². The molecule has 0 bridgehead atoms. The quantitative estimate of drug-likeness (QED) is 0.608. The van der Waals surface area contributed by atoms with Crippen LogP contribution in [0, 0.1) is 0 Å². The third kappa shape index (κ3) is 4.21. The first kappa shape index (κ1) is 18.8. The van der Waals surface area contributed by atoms with Gasteiger partial charge in [0.15, 0.2) is 6.61 Å². The van der Waals surface area contributed by atoms with Crippen LogP contribution in [0.3, 0.4) is 0 Å². The molecule has 0 saturated heterocycles. The number of nitrogens with one attached hydrogen (secondary N) is 2. The Labute approximate surface area is 157 Å². The van der Waals surface area contributed by atoms with Crippen molar-refractivity contribution >= 4 is 28.6 Å². The predicted molar refractivity (Wildman–Crippen MR) is 98.7 cm³/mol. The average molecular weight is 381 g/mol. The zero-order valence-corrected chi connectivity index (χ0v) is 14.5. The number of rotatable bonds is 5. The summed E-state index contributed by atoms with van der Waals surface area (Å²) in [6.07, 6.45) is 0. The molecule has 2 aromatic carbocycles. The number of carbonyl (C=O) groups is 3. The van der Waals surface area contributed by atoms with E-state index in [4.69, 9.17) is 4.74 Å². The summed E-state index contributed by atoms with van der Waals surface area (Å²) in [5.41, 5.74) is -0.826. The lowest BCUT2D eigenvalue weighted by Crippen LogP contribution is -2.36. The highest BCUT2D eigenvalue weighted by atomic mass is 16.5. The van der Waals surface area contributed by atoms with Crippen molar-refractivity contribution in [1.82, 2.24) is 15.1 Å². The van der Waals surface area contributed by atoms with E-state index < -0.39 is 42.1 Å². The Bertz CT molecular complexity index is 1160. The molecule has 3 aromatic rings. The van der Waals surface area contributed by atoms with Crippen molar-refractivity contribution in [1.29, 1.82) is 0 Å². The summed E-state index contributed by atoms with van der Waals surface area (Å²) < 4.78 is 5.57. The van der Waals surface area contributed by atoms with Crippen LogP contribution in [0.5, 0.6) is 0 Å². The van der Waals surface area contributed by atoms with E-state index in [9.17, 15) is 24.0 Å². The molecule has 1 heterocycles. The zero-order valence-electron chi connectivity index (χ0n) is 14.5. The molecule has 0 aliphatic heterocycles. The fraction of sp³-hybridized carbons (Fsp3) is 0.105. The van der Waals surface area contributed by atoms with Crippen molar-refractivity contribution in [3.05, 3.63) is 80.9 Å². The maximum absolute atomic E-state index is 12.3. The first-order valence-corrected chi connectivity index (χ1v) is 8.22. The van der Waals surface area contributed by atoms with E-state index in [1.165, 1.54) is 24.3 Å². The highest BCUT2D eigenvalue weighted by molar-refractivity contribution is 6.05. The van der Waals surface area contributed by atoms with Gasteiger partial charge in [-0.05, 0) is 24.3 Å². The Hall–Kier alpha value is -4.01. The maximum atomic E-state index is 12.3. The molecule has 1 aromatic heterocycles. The van der Waals surface area contributed by atoms with Crippen LogP contribution < -0.4 is 16.4 Å². The second kappa shape index (κ2) is 8.12. The number of hydrogen-bond donors (Lipinski definition) is 2. The highest BCUT2D eigenvalue weighted by Gasteiger charge is 2.14. The Morgan fingerprint density at radius 1 is 0.929 bits per heavy atom. The molecule has 0 fully saturated rings. The Morgan fingerprint density at radius 3 is 2.29 bits per heavy atom. The number of amides is 2. The summed E-state index contributed by atoms with van der Waals surface area (Å²) in [5.74, 6) is -2.37. The number of H-pyrrole nitrogens is 1. The molecule has 3 rings (SSSR count). The molecular formula is C19H15N3O6. The maximum Gasteiger partial charge on any atom is 0.328 e. The standard InChI is InChI=1S/C19H15N3O6/c23-15(20-17(25)12-6-2-1-3-7-12)11-28-16(24)10-22-19(27)14-9-5-4-8-13(14)18(26)21-22/h1-9H,10-11H2,(H,21,26)(H,20,23,25). The molecule has 0 saturated carbocycles. The number of ether oxygens (including phenoxy) is 1. The van der Waals surface area contributed by atoms with Gasteiger partial charge in [-0.15, -0.1) is 0 Å². The molecule has 28 heavy (non-hydrogen) atoms. The van der Waals surface area contributed by atoms with Gasteiger partial charge in [-0.3, -0.25) is 34.4 Å². The van der Waals surface area contributed by atoms with Crippen LogP contribution >= 0.6 is 0 Å². The number of aromatic nitrogens is 2. The number of fused-ring (bicyclic) bond motifs is 1. The lowest BCUT2D eigenvalue weighted by molar-refractivity contribution is -0.149. The third-order valence-corrected chi connectivity index (χ3v) is 3.82. The van der Waals surface area contributed by atoms with Gasteiger partial charge in [0.25, 0.3) is 22.9 Å². The normalized spacial score (nSPS) is 10.4. The molecule has 2 N–H and O–H groups in total. The number of aromatic amines is 1. The SMILES string of the molecule is O=C(COC(=O)Cn1[nH]c(=O)c2ccccc2c1=O)NC(=O)c1ccccc1. The molecule has 0 aliphatic rings. The van der Waals surface area contributed by atoms with Crippen molar-refractivity contribution in [2.75, 3.05) is 6.61 Å². The minimum absolute atomic E-state index is 0.158. The van der Waals surface area contributed by atoms with Gasteiger partial charge in [0, 0.05) is 5.56 Å². The van der Waals surface area contributed by atoms with Crippen molar-refractivity contribution in [3.8, 4) is 0 Å². The summed E-state index contributed by atoms with van der Waals surface area (Å²) in [6.45, 7) is -1.29. The van der Waals surface area contributed by atoms with Crippen LogP contribution in [0.15, 0.2) is 64.2 Å². The third-order valence-electron chi connectivity index (χ3n) is 3.82. The first-order valence-electron chi connectivity index (χ1n) is 8.22.